The molecule has 1 aliphatic heterocycles. The minimum atomic E-state index is -4.78. The van der Waals surface area contributed by atoms with Crippen LogP contribution < -0.4 is 20.3 Å². The second-order valence-corrected chi connectivity index (χ2v) is 7.49. The smallest absolute Gasteiger partial charge is 0.406 e. The third kappa shape index (κ3) is 6.35. The van der Waals surface area contributed by atoms with E-state index in [1.165, 1.54) is 12.1 Å². The van der Waals surface area contributed by atoms with Crippen LogP contribution in [-0.4, -0.2) is 48.5 Å². The third-order valence-electron chi connectivity index (χ3n) is 4.92. The first-order chi connectivity index (χ1) is 16.2. The van der Waals surface area contributed by atoms with Crippen LogP contribution in [0.15, 0.2) is 54.6 Å². The number of rotatable bonds is 6. The summed E-state index contributed by atoms with van der Waals surface area (Å²) < 4.78 is 46.0. The number of hydrogen-bond acceptors (Lipinski definition) is 7. The zero-order valence-electron chi connectivity index (χ0n) is 18.2. The fourth-order valence-corrected chi connectivity index (χ4v) is 3.37. The Bertz CT molecular complexity index is 1130. The number of morpholine rings is 1. The van der Waals surface area contributed by atoms with Crippen LogP contribution >= 0.6 is 0 Å². The molecule has 0 spiro atoms. The third-order valence-corrected chi connectivity index (χ3v) is 4.92. The van der Waals surface area contributed by atoms with E-state index in [0.717, 1.165) is 36.7 Å². The van der Waals surface area contributed by atoms with E-state index in [4.69, 9.17) is 4.74 Å². The summed E-state index contributed by atoms with van der Waals surface area (Å²) in [5.41, 5.74) is 1.49. The number of amides is 1. The SMILES string of the molecule is Cc1nc(Nc2ccc(NC(=O)c3ccc(OC(F)(F)F)cc3)cc2)cc(N2CCOCC2)n1. The maximum absolute atomic E-state index is 12.4. The number of hydrogen-bond donors (Lipinski definition) is 2. The molecule has 0 atom stereocenters. The fraction of sp³-hybridized carbons (Fsp3) is 0.261. The molecule has 1 amide bonds. The average Bonchev–Trinajstić information content (AvgIpc) is 2.80. The molecule has 0 saturated carbocycles. The van der Waals surface area contributed by atoms with E-state index in [-0.39, 0.29) is 5.56 Å². The van der Waals surface area contributed by atoms with Gasteiger partial charge in [-0.2, -0.15) is 0 Å². The number of aryl methyl sites for hydroxylation is 1. The lowest BCUT2D eigenvalue weighted by atomic mass is 10.2. The summed E-state index contributed by atoms with van der Waals surface area (Å²) in [7, 11) is 0. The van der Waals surface area contributed by atoms with E-state index in [1.807, 2.05) is 13.0 Å². The molecule has 34 heavy (non-hydrogen) atoms. The number of carbonyl (C=O) groups excluding carboxylic acids is 1. The zero-order valence-corrected chi connectivity index (χ0v) is 18.2. The Morgan fingerprint density at radius 3 is 2.29 bits per heavy atom. The Kier molecular flexibility index (Phi) is 6.82. The molecular weight excluding hydrogens is 451 g/mol. The molecule has 1 saturated heterocycles. The second kappa shape index (κ2) is 9.96. The van der Waals surface area contributed by atoms with Gasteiger partial charge in [-0.15, -0.1) is 13.2 Å². The van der Waals surface area contributed by atoms with E-state index in [2.05, 4.69) is 30.2 Å². The van der Waals surface area contributed by atoms with Crippen LogP contribution in [-0.2, 0) is 4.74 Å². The van der Waals surface area contributed by atoms with E-state index >= 15 is 0 Å². The Balaban J connectivity index is 1.38. The number of carbonyl (C=O) groups is 1. The maximum Gasteiger partial charge on any atom is 0.573 e. The van der Waals surface area contributed by atoms with Gasteiger partial charge in [-0.3, -0.25) is 4.79 Å². The number of nitrogens with one attached hydrogen (secondary N) is 2. The van der Waals surface area contributed by atoms with Crippen molar-refractivity contribution < 1.29 is 27.4 Å². The molecule has 0 radical (unpaired) electrons. The highest BCUT2D eigenvalue weighted by Gasteiger charge is 2.31. The van der Waals surface area contributed by atoms with Gasteiger partial charge in [-0.05, 0) is 55.5 Å². The second-order valence-electron chi connectivity index (χ2n) is 7.49. The summed E-state index contributed by atoms with van der Waals surface area (Å²) in [6.45, 7) is 4.68. The molecule has 0 aliphatic carbocycles. The van der Waals surface area contributed by atoms with Gasteiger partial charge >= 0.3 is 6.36 Å². The average molecular weight is 473 g/mol. The van der Waals surface area contributed by atoms with Gasteiger partial charge in [-0.25, -0.2) is 9.97 Å². The first-order valence-corrected chi connectivity index (χ1v) is 10.5. The Hall–Kier alpha value is -3.86. The molecule has 2 aromatic carbocycles. The normalized spacial score (nSPS) is 13.9. The maximum atomic E-state index is 12.4. The van der Waals surface area contributed by atoms with Crippen LogP contribution in [0.4, 0.5) is 36.2 Å². The minimum absolute atomic E-state index is 0.198. The van der Waals surface area contributed by atoms with Crippen LogP contribution in [0.5, 0.6) is 5.75 Å². The highest BCUT2D eigenvalue weighted by molar-refractivity contribution is 6.04. The summed E-state index contributed by atoms with van der Waals surface area (Å²) >= 11 is 0. The predicted molar refractivity (Wildman–Crippen MR) is 121 cm³/mol. The number of benzene rings is 2. The number of halogens is 3. The Labute approximate surface area is 193 Å². The largest absolute Gasteiger partial charge is 0.573 e. The first kappa shape index (κ1) is 23.3. The van der Waals surface area contributed by atoms with Crippen molar-refractivity contribution in [2.75, 3.05) is 41.8 Å². The van der Waals surface area contributed by atoms with Gasteiger partial charge in [0, 0.05) is 36.1 Å². The molecular formula is C23H22F3N5O3. The van der Waals surface area contributed by atoms with Crippen molar-refractivity contribution in [3.63, 3.8) is 0 Å². The summed E-state index contributed by atoms with van der Waals surface area (Å²) in [4.78, 5) is 23.5. The molecule has 2 N–H and O–H groups in total. The Morgan fingerprint density at radius 1 is 1.00 bits per heavy atom. The van der Waals surface area contributed by atoms with E-state index in [0.29, 0.717) is 30.5 Å². The predicted octanol–water partition coefficient (Wildman–Crippen LogP) is 4.52. The monoisotopic (exact) mass is 473 g/mol. The van der Waals surface area contributed by atoms with Crippen molar-refractivity contribution in [2.45, 2.75) is 13.3 Å². The highest BCUT2D eigenvalue weighted by atomic mass is 19.4. The fourth-order valence-electron chi connectivity index (χ4n) is 3.37. The summed E-state index contributed by atoms with van der Waals surface area (Å²) in [5.74, 6) is 1.26. The van der Waals surface area contributed by atoms with Crippen molar-refractivity contribution in [1.82, 2.24) is 9.97 Å². The zero-order chi connectivity index (χ0) is 24.1. The van der Waals surface area contributed by atoms with Gasteiger partial charge < -0.3 is 25.0 Å². The van der Waals surface area contributed by atoms with E-state index in [1.54, 1.807) is 24.3 Å². The Morgan fingerprint density at radius 2 is 1.65 bits per heavy atom. The van der Waals surface area contributed by atoms with Crippen LogP contribution in [0.25, 0.3) is 0 Å². The molecule has 3 aromatic rings. The molecule has 0 unspecified atom stereocenters. The van der Waals surface area contributed by atoms with Crippen LogP contribution in [0.3, 0.4) is 0 Å². The molecule has 1 aromatic heterocycles. The standard InChI is InChI=1S/C23H22F3N5O3/c1-15-27-20(14-21(28-15)31-10-12-33-13-11-31)29-17-4-6-18(7-5-17)30-22(32)16-2-8-19(9-3-16)34-23(24,25)26/h2-9,14H,10-13H2,1H3,(H,30,32)(H,27,28,29). The lowest BCUT2D eigenvalue weighted by Crippen LogP contribution is -2.36. The summed E-state index contributed by atoms with van der Waals surface area (Å²) in [5, 5.41) is 5.94. The number of anilines is 4. The lowest BCUT2D eigenvalue weighted by molar-refractivity contribution is -0.274. The van der Waals surface area contributed by atoms with E-state index in [9.17, 15) is 18.0 Å². The molecule has 8 nitrogen and oxygen atoms in total. The molecule has 4 rings (SSSR count). The van der Waals surface area contributed by atoms with Gasteiger partial charge in [0.15, 0.2) is 0 Å². The molecule has 178 valence electrons. The summed E-state index contributed by atoms with van der Waals surface area (Å²) in [6, 6.07) is 13.5. The summed E-state index contributed by atoms with van der Waals surface area (Å²) in [6.07, 6.45) is -4.78. The molecule has 1 fully saturated rings. The van der Waals surface area contributed by atoms with Gasteiger partial charge in [0.25, 0.3) is 5.91 Å². The van der Waals surface area contributed by atoms with Crippen molar-refractivity contribution in [1.29, 1.82) is 0 Å². The van der Waals surface area contributed by atoms with Crippen molar-refractivity contribution >= 4 is 28.9 Å². The molecule has 1 aliphatic rings. The van der Waals surface area contributed by atoms with Crippen molar-refractivity contribution in [3.8, 4) is 5.75 Å². The van der Waals surface area contributed by atoms with Gasteiger partial charge in [0.05, 0.1) is 13.2 Å². The number of aromatic nitrogens is 2. The van der Waals surface area contributed by atoms with Crippen molar-refractivity contribution in [2.24, 2.45) is 0 Å². The number of ether oxygens (including phenoxy) is 2. The lowest BCUT2D eigenvalue weighted by Gasteiger charge is -2.28. The molecule has 11 heteroatoms. The number of nitrogens with zero attached hydrogens (tertiary/aromatic N) is 3. The highest BCUT2D eigenvalue weighted by Crippen LogP contribution is 2.24. The van der Waals surface area contributed by atoms with Gasteiger partial charge in [0.1, 0.15) is 23.2 Å². The number of alkyl halides is 3. The van der Waals surface area contributed by atoms with Crippen LogP contribution in [0, 0.1) is 6.92 Å². The van der Waals surface area contributed by atoms with E-state index < -0.39 is 18.0 Å². The minimum Gasteiger partial charge on any atom is -0.406 e. The first-order valence-electron chi connectivity index (χ1n) is 10.5. The van der Waals surface area contributed by atoms with Gasteiger partial charge in [-0.1, -0.05) is 0 Å². The molecule has 0 bridgehead atoms. The van der Waals surface area contributed by atoms with Crippen LogP contribution in [0.2, 0.25) is 0 Å². The topological polar surface area (TPSA) is 88.6 Å². The van der Waals surface area contributed by atoms with Crippen molar-refractivity contribution in [3.05, 3.63) is 66.0 Å². The van der Waals surface area contributed by atoms with Crippen LogP contribution in [0.1, 0.15) is 16.2 Å². The molecule has 2 heterocycles. The quantitative estimate of drug-likeness (QED) is 0.544. The van der Waals surface area contributed by atoms with Gasteiger partial charge in [0.2, 0.25) is 0 Å².